The van der Waals surface area contributed by atoms with Crippen LogP contribution in [0.5, 0.6) is 0 Å². The maximum Gasteiger partial charge on any atom is 0.272 e. The lowest BCUT2D eigenvalue weighted by atomic mass is 9.93. The number of anilines is 3. The molecule has 3 heterocycles. The standard InChI is InChI=1S/C30H33N11O/c1-39-14-16-41(17-15-39)23-11-9-22(10-12-23)34-30-32-18-21-8-13-24-27(37-40(2)28(24)26(21)36-30)29(42)35-25(19-33-38-31)20-6-4-3-5-7-20/h3-7,9-12,18,25H,8,13-17,19H2,1-2H3,(H,35,42)(H,32,34,36)/t25-/m1/s1. The predicted molar refractivity (Wildman–Crippen MR) is 162 cm³/mol. The number of carbonyl (C=O) groups excluding carboxylic acids is 1. The number of amides is 1. The summed E-state index contributed by atoms with van der Waals surface area (Å²) in [5.74, 6) is 0.171. The van der Waals surface area contributed by atoms with Gasteiger partial charge in [0.05, 0.1) is 24.0 Å². The van der Waals surface area contributed by atoms with Gasteiger partial charge in [-0.15, -0.1) is 0 Å². The first-order valence-electron chi connectivity index (χ1n) is 14.1. The molecule has 0 unspecified atom stereocenters. The summed E-state index contributed by atoms with van der Waals surface area (Å²) in [7, 11) is 3.98. The van der Waals surface area contributed by atoms with Gasteiger partial charge in [0.2, 0.25) is 5.95 Å². The topological polar surface area (TPSA) is 140 Å². The van der Waals surface area contributed by atoms with Crippen LogP contribution in [0.4, 0.5) is 17.3 Å². The first-order chi connectivity index (χ1) is 20.5. The molecule has 1 aliphatic heterocycles. The number of hydrogen-bond donors (Lipinski definition) is 2. The number of piperazine rings is 1. The fraction of sp³-hybridized carbons (Fsp3) is 0.333. The number of azide groups is 1. The van der Waals surface area contributed by atoms with Crippen LogP contribution >= 0.6 is 0 Å². The van der Waals surface area contributed by atoms with E-state index in [1.54, 1.807) is 4.68 Å². The molecule has 0 spiro atoms. The molecular weight excluding hydrogens is 530 g/mol. The molecule has 2 aliphatic rings. The highest BCUT2D eigenvalue weighted by Crippen LogP contribution is 2.34. The highest BCUT2D eigenvalue weighted by Gasteiger charge is 2.30. The highest BCUT2D eigenvalue weighted by molar-refractivity contribution is 5.96. The van der Waals surface area contributed by atoms with Crippen molar-refractivity contribution in [3.63, 3.8) is 0 Å². The van der Waals surface area contributed by atoms with Crippen molar-refractivity contribution in [1.29, 1.82) is 0 Å². The average molecular weight is 564 g/mol. The van der Waals surface area contributed by atoms with Gasteiger partial charge >= 0.3 is 0 Å². The van der Waals surface area contributed by atoms with Gasteiger partial charge in [0, 0.05) is 61.3 Å². The molecule has 4 aromatic rings. The SMILES string of the molecule is CN1CCN(c2ccc(Nc3ncc4c(n3)-c3c(c(C(=O)N[C@H](CN=[N+]=[N-])c5ccccc5)nn3C)CC4)cc2)CC1. The number of aryl methyl sites for hydroxylation is 2. The number of rotatable bonds is 8. The van der Waals surface area contributed by atoms with E-state index in [0.717, 1.165) is 59.9 Å². The normalized spacial score (nSPS) is 15.2. The number of likely N-dealkylation sites (N-methyl/N-ethyl adjacent to an activating group) is 1. The molecule has 0 radical (unpaired) electrons. The summed E-state index contributed by atoms with van der Waals surface area (Å²) < 4.78 is 1.72. The number of benzene rings is 2. The number of nitrogens with zero attached hydrogens (tertiary/aromatic N) is 9. The molecule has 42 heavy (non-hydrogen) atoms. The molecule has 1 fully saturated rings. The lowest BCUT2D eigenvalue weighted by Crippen LogP contribution is -2.44. The molecule has 2 N–H and O–H groups in total. The highest BCUT2D eigenvalue weighted by atomic mass is 16.2. The molecule has 214 valence electrons. The smallest absolute Gasteiger partial charge is 0.272 e. The van der Waals surface area contributed by atoms with E-state index in [4.69, 9.17) is 10.5 Å². The molecule has 1 amide bonds. The quantitative estimate of drug-likeness (QED) is 0.186. The van der Waals surface area contributed by atoms with Crippen molar-refractivity contribution in [3.05, 3.63) is 93.6 Å². The van der Waals surface area contributed by atoms with E-state index in [2.05, 4.69) is 59.7 Å². The first-order valence-corrected chi connectivity index (χ1v) is 14.1. The fourth-order valence-electron chi connectivity index (χ4n) is 5.61. The van der Waals surface area contributed by atoms with Gasteiger partial charge in [0.1, 0.15) is 0 Å². The van der Waals surface area contributed by atoms with Crippen molar-refractivity contribution < 1.29 is 4.79 Å². The second-order valence-electron chi connectivity index (χ2n) is 10.7. The van der Waals surface area contributed by atoms with Crippen LogP contribution in [-0.4, -0.2) is 70.3 Å². The van der Waals surface area contributed by atoms with Gasteiger partial charge in [0.25, 0.3) is 5.91 Å². The van der Waals surface area contributed by atoms with Crippen LogP contribution in [0, 0.1) is 0 Å². The van der Waals surface area contributed by atoms with Crippen LogP contribution in [0.25, 0.3) is 21.8 Å². The van der Waals surface area contributed by atoms with Crippen LogP contribution in [0.15, 0.2) is 65.9 Å². The number of hydrogen-bond acceptors (Lipinski definition) is 8. The zero-order chi connectivity index (χ0) is 29.1. The second-order valence-corrected chi connectivity index (χ2v) is 10.7. The Morgan fingerprint density at radius 3 is 2.55 bits per heavy atom. The Morgan fingerprint density at radius 2 is 1.81 bits per heavy atom. The van der Waals surface area contributed by atoms with E-state index in [-0.39, 0.29) is 12.5 Å². The Morgan fingerprint density at radius 1 is 1.05 bits per heavy atom. The summed E-state index contributed by atoms with van der Waals surface area (Å²) in [6.45, 7) is 4.26. The van der Waals surface area contributed by atoms with Gasteiger partial charge in [0.15, 0.2) is 5.69 Å². The Labute approximate surface area is 244 Å². The molecule has 1 atom stereocenters. The van der Waals surface area contributed by atoms with Crippen LogP contribution in [0.2, 0.25) is 0 Å². The van der Waals surface area contributed by atoms with E-state index < -0.39 is 6.04 Å². The Bertz CT molecular complexity index is 1620. The number of carbonyl (C=O) groups is 1. The third-order valence-corrected chi connectivity index (χ3v) is 7.92. The summed E-state index contributed by atoms with van der Waals surface area (Å²) in [6.07, 6.45) is 3.20. The van der Waals surface area contributed by atoms with E-state index >= 15 is 0 Å². The van der Waals surface area contributed by atoms with Crippen molar-refractivity contribution in [1.82, 2.24) is 30.0 Å². The molecule has 1 aliphatic carbocycles. The van der Waals surface area contributed by atoms with E-state index in [9.17, 15) is 4.79 Å². The first kappa shape index (κ1) is 27.3. The van der Waals surface area contributed by atoms with Gasteiger partial charge in [-0.3, -0.25) is 9.48 Å². The van der Waals surface area contributed by atoms with Gasteiger partial charge in [-0.25, -0.2) is 9.97 Å². The van der Waals surface area contributed by atoms with Crippen molar-refractivity contribution in [3.8, 4) is 11.4 Å². The van der Waals surface area contributed by atoms with E-state index in [1.165, 1.54) is 5.69 Å². The summed E-state index contributed by atoms with van der Waals surface area (Å²) in [5, 5.41) is 14.7. The summed E-state index contributed by atoms with van der Waals surface area (Å²) in [4.78, 5) is 30.5. The molecule has 12 heteroatoms. The minimum atomic E-state index is -0.469. The third kappa shape index (κ3) is 5.63. The molecule has 0 bridgehead atoms. The zero-order valence-electron chi connectivity index (χ0n) is 23.7. The van der Waals surface area contributed by atoms with Crippen LogP contribution < -0.4 is 15.5 Å². The number of nitrogens with one attached hydrogen (secondary N) is 2. The molecule has 2 aromatic heterocycles. The van der Waals surface area contributed by atoms with Crippen LogP contribution in [0.1, 0.15) is 33.2 Å². The van der Waals surface area contributed by atoms with Crippen molar-refractivity contribution in [2.45, 2.75) is 18.9 Å². The lowest BCUT2D eigenvalue weighted by molar-refractivity contribution is 0.0931. The average Bonchev–Trinajstić information content (AvgIpc) is 3.37. The maximum absolute atomic E-state index is 13.5. The minimum Gasteiger partial charge on any atom is -0.369 e. The maximum atomic E-state index is 13.5. The third-order valence-electron chi connectivity index (χ3n) is 7.92. The Balaban J connectivity index is 1.22. The van der Waals surface area contributed by atoms with E-state index in [0.29, 0.717) is 24.5 Å². The number of fused-ring (bicyclic) bond motifs is 3. The van der Waals surface area contributed by atoms with Gasteiger partial charge in [-0.2, -0.15) is 5.10 Å². The van der Waals surface area contributed by atoms with Crippen molar-refractivity contribution in [2.24, 2.45) is 12.2 Å². The van der Waals surface area contributed by atoms with Gasteiger partial charge in [-0.1, -0.05) is 35.4 Å². The molecule has 12 nitrogen and oxygen atoms in total. The van der Waals surface area contributed by atoms with Crippen LogP contribution in [0.3, 0.4) is 0 Å². The zero-order valence-corrected chi connectivity index (χ0v) is 23.7. The molecule has 0 saturated carbocycles. The summed E-state index contributed by atoms with van der Waals surface area (Å²) >= 11 is 0. The van der Waals surface area contributed by atoms with Crippen LogP contribution in [-0.2, 0) is 19.9 Å². The van der Waals surface area contributed by atoms with E-state index in [1.807, 2.05) is 55.7 Å². The fourth-order valence-corrected chi connectivity index (χ4v) is 5.61. The monoisotopic (exact) mass is 563 g/mol. The van der Waals surface area contributed by atoms with Gasteiger partial charge < -0.3 is 20.4 Å². The Kier molecular flexibility index (Phi) is 7.72. The predicted octanol–water partition coefficient (Wildman–Crippen LogP) is 4.25. The largest absolute Gasteiger partial charge is 0.369 e. The van der Waals surface area contributed by atoms with Crippen molar-refractivity contribution in [2.75, 3.05) is 50.0 Å². The van der Waals surface area contributed by atoms with Gasteiger partial charge in [-0.05, 0) is 60.8 Å². The number of aromatic nitrogens is 4. The second kappa shape index (κ2) is 11.9. The summed E-state index contributed by atoms with van der Waals surface area (Å²) in [5.41, 5.74) is 15.6. The summed E-state index contributed by atoms with van der Waals surface area (Å²) in [6, 6.07) is 17.3. The lowest BCUT2D eigenvalue weighted by Gasteiger charge is -2.34. The molecule has 1 saturated heterocycles. The molecule has 6 rings (SSSR count). The Hall–Kier alpha value is -4.93. The molecular formula is C30H33N11O. The van der Waals surface area contributed by atoms with Crippen molar-refractivity contribution >= 4 is 23.2 Å². The molecule has 2 aromatic carbocycles. The minimum absolute atomic E-state index is 0.0999.